The first-order valence-electron chi connectivity index (χ1n) is 9.55. The van der Waals surface area contributed by atoms with Gasteiger partial charge in [-0.15, -0.1) is 11.3 Å². The van der Waals surface area contributed by atoms with Crippen molar-refractivity contribution < 1.29 is 14.3 Å². The Morgan fingerprint density at radius 2 is 1.72 bits per heavy atom. The van der Waals surface area contributed by atoms with Gasteiger partial charge in [-0.25, -0.2) is 9.78 Å². The van der Waals surface area contributed by atoms with Crippen molar-refractivity contribution in [1.82, 2.24) is 10.3 Å². The smallest absolute Gasteiger partial charge is 0.358 e. The number of amides is 1. The molecule has 0 fully saturated rings. The molecule has 0 radical (unpaired) electrons. The molecular weight excluding hydrogens is 384 g/mol. The summed E-state index contributed by atoms with van der Waals surface area (Å²) in [5.41, 5.74) is 4.56. The number of ether oxygens (including phenoxy) is 1. The second-order valence-corrected chi connectivity index (χ2v) is 7.70. The van der Waals surface area contributed by atoms with E-state index in [-0.39, 0.29) is 11.6 Å². The monoisotopic (exact) mass is 408 g/mol. The van der Waals surface area contributed by atoms with Gasteiger partial charge in [0.05, 0.1) is 0 Å². The number of aromatic nitrogens is 1. The normalized spacial score (nSPS) is 11.7. The number of hydrogen-bond acceptors (Lipinski definition) is 5. The average Bonchev–Trinajstić information content (AvgIpc) is 3.23. The van der Waals surface area contributed by atoms with Crippen LogP contribution in [0.3, 0.4) is 0 Å². The number of rotatable bonds is 7. The third-order valence-corrected chi connectivity index (χ3v) is 5.45. The topological polar surface area (TPSA) is 68.3 Å². The maximum absolute atomic E-state index is 12.4. The van der Waals surface area contributed by atoms with Crippen LogP contribution >= 0.6 is 11.3 Å². The molecular formula is C23H24N2O3S. The highest BCUT2D eigenvalue weighted by atomic mass is 32.1. The fourth-order valence-electron chi connectivity index (χ4n) is 2.70. The van der Waals surface area contributed by atoms with E-state index < -0.39 is 12.1 Å². The maximum Gasteiger partial charge on any atom is 0.358 e. The van der Waals surface area contributed by atoms with Crippen molar-refractivity contribution in [3.63, 3.8) is 0 Å². The summed E-state index contributed by atoms with van der Waals surface area (Å²) in [6, 6.07) is 16.0. The first-order valence-corrected chi connectivity index (χ1v) is 10.4. The van der Waals surface area contributed by atoms with Crippen LogP contribution in [0.1, 0.15) is 41.0 Å². The number of carbonyl (C=O) groups excluding carboxylic acids is 2. The minimum Gasteiger partial charge on any atom is -0.448 e. The first kappa shape index (κ1) is 20.7. The molecule has 0 spiro atoms. The van der Waals surface area contributed by atoms with E-state index in [0.29, 0.717) is 6.54 Å². The summed E-state index contributed by atoms with van der Waals surface area (Å²) in [5, 5.41) is 5.18. The van der Waals surface area contributed by atoms with E-state index in [9.17, 15) is 9.59 Å². The van der Waals surface area contributed by atoms with Crippen LogP contribution in [0.4, 0.5) is 0 Å². The lowest BCUT2D eigenvalue weighted by molar-refractivity contribution is -0.129. The van der Waals surface area contributed by atoms with Crippen LogP contribution in [0.25, 0.3) is 10.6 Å². The molecule has 1 atom stereocenters. The number of aryl methyl sites for hydroxylation is 2. The Morgan fingerprint density at radius 1 is 1.07 bits per heavy atom. The van der Waals surface area contributed by atoms with Gasteiger partial charge >= 0.3 is 5.97 Å². The van der Waals surface area contributed by atoms with Crippen LogP contribution in [-0.2, 0) is 22.5 Å². The Morgan fingerprint density at radius 3 is 2.38 bits per heavy atom. The number of esters is 1. The molecule has 1 heterocycles. The van der Waals surface area contributed by atoms with Crippen LogP contribution in [-0.4, -0.2) is 23.0 Å². The Labute approximate surface area is 174 Å². The Kier molecular flexibility index (Phi) is 6.77. The first-order chi connectivity index (χ1) is 14.0. The molecule has 5 nitrogen and oxygen atoms in total. The van der Waals surface area contributed by atoms with Crippen LogP contribution in [0.15, 0.2) is 53.9 Å². The molecule has 0 aliphatic rings. The molecule has 150 valence electrons. The van der Waals surface area contributed by atoms with Crippen molar-refractivity contribution in [2.24, 2.45) is 0 Å². The van der Waals surface area contributed by atoms with Gasteiger partial charge in [0.2, 0.25) is 0 Å². The van der Waals surface area contributed by atoms with Gasteiger partial charge in [0, 0.05) is 17.5 Å². The maximum atomic E-state index is 12.4. The largest absolute Gasteiger partial charge is 0.448 e. The van der Waals surface area contributed by atoms with Crippen LogP contribution in [0.5, 0.6) is 0 Å². The Hall–Kier alpha value is -2.99. The Bertz CT molecular complexity index is 978. The van der Waals surface area contributed by atoms with Crippen molar-refractivity contribution in [3.8, 4) is 10.6 Å². The number of thiazole rings is 1. The highest BCUT2D eigenvalue weighted by molar-refractivity contribution is 7.13. The van der Waals surface area contributed by atoms with Crippen LogP contribution < -0.4 is 5.32 Å². The molecule has 0 unspecified atom stereocenters. The summed E-state index contributed by atoms with van der Waals surface area (Å²) in [6.45, 7) is 6.05. The van der Waals surface area contributed by atoms with Gasteiger partial charge in [-0.05, 0) is 31.4 Å². The van der Waals surface area contributed by atoms with Gasteiger partial charge in [0.1, 0.15) is 5.01 Å². The lowest BCUT2D eigenvalue weighted by Crippen LogP contribution is -2.35. The van der Waals surface area contributed by atoms with E-state index in [0.717, 1.165) is 28.1 Å². The van der Waals surface area contributed by atoms with E-state index in [1.54, 1.807) is 12.3 Å². The zero-order valence-electron chi connectivity index (χ0n) is 16.8. The summed E-state index contributed by atoms with van der Waals surface area (Å²) in [4.78, 5) is 29.0. The van der Waals surface area contributed by atoms with Crippen molar-refractivity contribution in [2.75, 3.05) is 0 Å². The van der Waals surface area contributed by atoms with Crippen molar-refractivity contribution in [3.05, 3.63) is 76.3 Å². The van der Waals surface area contributed by atoms with Crippen molar-refractivity contribution >= 4 is 23.2 Å². The molecule has 3 rings (SSSR count). The fraction of sp³-hybridized carbons (Fsp3) is 0.261. The molecule has 0 aliphatic carbocycles. The molecule has 3 aromatic rings. The lowest BCUT2D eigenvalue weighted by Gasteiger charge is -2.13. The second-order valence-electron chi connectivity index (χ2n) is 6.84. The standard InChI is InChI=1S/C23H24N2O3S/c1-4-17-9-11-19(12-10-17)22-25-20(14-29-22)23(27)28-16(3)21(26)24-13-18-7-5-15(2)6-8-18/h5-12,14,16H,4,13H2,1-3H3,(H,24,26)/t16-/m1/s1. The quantitative estimate of drug-likeness (QED) is 0.583. The third kappa shape index (κ3) is 5.51. The average molecular weight is 409 g/mol. The van der Waals surface area contributed by atoms with Gasteiger partial charge in [-0.1, -0.05) is 61.0 Å². The van der Waals surface area contributed by atoms with Gasteiger partial charge in [-0.2, -0.15) is 0 Å². The van der Waals surface area contributed by atoms with Gasteiger partial charge < -0.3 is 10.1 Å². The molecule has 1 amide bonds. The summed E-state index contributed by atoms with van der Waals surface area (Å²) >= 11 is 1.38. The van der Waals surface area contributed by atoms with E-state index in [4.69, 9.17) is 4.74 Å². The van der Waals surface area contributed by atoms with E-state index in [1.165, 1.54) is 16.9 Å². The van der Waals surface area contributed by atoms with Crippen molar-refractivity contribution in [2.45, 2.75) is 39.8 Å². The molecule has 0 aliphatic heterocycles. The minimum absolute atomic E-state index is 0.211. The van der Waals surface area contributed by atoms with Crippen molar-refractivity contribution in [1.29, 1.82) is 0 Å². The second kappa shape index (κ2) is 9.47. The number of benzene rings is 2. The van der Waals surface area contributed by atoms with Gasteiger partial charge in [0.25, 0.3) is 5.91 Å². The van der Waals surface area contributed by atoms with Crippen LogP contribution in [0, 0.1) is 6.92 Å². The number of nitrogens with zero attached hydrogens (tertiary/aromatic N) is 1. The highest BCUT2D eigenvalue weighted by Gasteiger charge is 2.21. The Balaban J connectivity index is 1.55. The molecule has 1 N–H and O–H groups in total. The predicted molar refractivity (Wildman–Crippen MR) is 115 cm³/mol. The molecule has 0 saturated carbocycles. The minimum atomic E-state index is -0.901. The number of hydrogen-bond donors (Lipinski definition) is 1. The molecule has 0 bridgehead atoms. The molecule has 1 aromatic heterocycles. The zero-order chi connectivity index (χ0) is 20.8. The summed E-state index contributed by atoms with van der Waals surface area (Å²) in [7, 11) is 0. The molecule has 2 aromatic carbocycles. The third-order valence-electron chi connectivity index (χ3n) is 4.56. The molecule has 29 heavy (non-hydrogen) atoms. The van der Waals surface area contributed by atoms with Gasteiger partial charge in [0.15, 0.2) is 11.8 Å². The van der Waals surface area contributed by atoms with Gasteiger partial charge in [-0.3, -0.25) is 4.79 Å². The molecule has 0 saturated heterocycles. The lowest BCUT2D eigenvalue weighted by atomic mass is 10.1. The zero-order valence-corrected chi connectivity index (χ0v) is 17.6. The number of carbonyl (C=O) groups is 2. The van der Waals surface area contributed by atoms with E-state index in [1.807, 2.05) is 43.3 Å². The van der Waals surface area contributed by atoms with E-state index in [2.05, 4.69) is 29.4 Å². The summed E-state index contributed by atoms with van der Waals surface area (Å²) in [5.74, 6) is -0.944. The van der Waals surface area contributed by atoms with E-state index >= 15 is 0 Å². The molecule has 6 heteroatoms. The fourth-order valence-corrected chi connectivity index (χ4v) is 3.49. The summed E-state index contributed by atoms with van der Waals surface area (Å²) in [6.07, 6.45) is 0.0708. The predicted octanol–water partition coefficient (Wildman–Crippen LogP) is 4.54. The number of nitrogens with one attached hydrogen (secondary N) is 1. The highest BCUT2D eigenvalue weighted by Crippen LogP contribution is 2.24. The SMILES string of the molecule is CCc1ccc(-c2nc(C(=O)O[C@H](C)C(=O)NCc3ccc(C)cc3)cs2)cc1. The summed E-state index contributed by atoms with van der Waals surface area (Å²) < 4.78 is 5.28. The van der Waals surface area contributed by atoms with Crippen LogP contribution in [0.2, 0.25) is 0 Å².